The number of hydrogen-bond acceptors (Lipinski definition) is 4. The maximum absolute atomic E-state index is 5.46. The Labute approximate surface area is 109 Å². The van der Waals surface area contributed by atoms with Crippen LogP contribution in [0.5, 0.6) is 11.5 Å². The van der Waals surface area contributed by atoms with Crippen molar-refractivity contribution in [1.29, 1.82) is 0 Å². The lowest BCUT2D eigenvalue weighted by Crippen LogP contribution is -2.37. The third kappa shape index (κ3) is 2.60. The van der Waals surface area contributed by atoms with Crippen LogP contribution in [-0.4, -0.2) is 27.1 Å². The zero-order valence-electron chi connectivity index (χ0n) is 11.6. The summed E-state index contributed by atoms with van der Waals surface area (Å²) >= 11 is 0. The minimum absolute atomic E-state index is 0.0575. The van der Waals surface area contributed by atoms with Crippen LogP contribution in [0.25, 0.3) is 0 Å². The molecular formula is C14H22N2O2. The zero-order valence-corrected chi connectivity index (χ0v) is 11.6. The highest BCUT2D eigenvalue weighted by atomic mass is 16.7. The number of aryl methyl sites for hydroxylation is 1. The summed E-state index contributed by atoms with van der Waals surface area (Å²) in [6.45, 7) is 8.65. The van der Waals surface area contributed by atoms with Gasteiger partial charge in [0.15, 0.2) is 11.5 Å². The summed E-state index contributed by atoms with van der Waals surface area (Å²) in [5.74, 6) is 1.72. The van der Waals surface area contributed by atoms with Gasteiger partial charge in [0.25, 0.3) is 0 Å². The van der Waals surface area contributed by atoms with E-state index in [0.717, 1.165) is 24.7 Å². The van der Waals surface area contributed by atoms with Crippen molar-refractivity contribution in [2.45, 2.75) is 26.2 Å². The standard InChI is InChI=1S/C14H22N2O2/c1-10-5-12-13(18-9-17-12)6-11(10)14(2,3)7-16-8-15-4/h5-6,15-16H,7-9H2,1-4H3. The van der Waals surface area contributed by atoms with Gasteiger partial charge in [-0.1, -0.05) is 13.8 Å². The van der Waals surface area contributed by atoms with E-state index < -0.39 is 0 Å². The van der Waals surface area contributed by atoms with E-state index in [2.05, 4.69) is 43.5 Å². The highest BCUT2D eigenvalue weighted by Gasteiger charge is 2.25. The van der Waals surface area contributed by atoms with Gasteiger partial charge in [0.05, 0.1) is 0 Å². The molecule has 0 bridgehead atoms. The van der Waals surface area contributed by atoms with Gasteiger partial charge in [-0.25, -0.2) is 0 Å². The normalized spacial score (nSPS) is 14.0. The SMILES string of the molecule is CNCNCC(C)(C)c1cc2c(cc1C)OCO2. The van der Waals surface area contributed by atoms with Crippen molar-refractivity contribution in [3.63, 3.8) is 0 Å². The van der Waals surface area contributed by atoms with Crippen LogP contribution >= 0.6 is 0 Å². The lowest BCUT2D eigenvalue weighted by Gasteiger charge is -2.28. The first-order chi connectivity index (χ1) is 8.54. The van der Waals surface area contributed by atoms with Gasteiger partial charge in [-0.2, -0.15) is 0 Å². The van der Waals surface area contributed by atoms with Gasteiger partial charge >= 0.3 is 0 Å². The Hall–Kier alpha value is -1.26. The van der Waals surface area contributed by atoms with Crippen molar-refractivity contribution < 1.29 is 9.47 Å². The van der Waals surface area contributed by atoms with Crippen LogP contribution in [0, 0.1) is 6.92 Å². The topological polar surface area (TPSA) is 42.5 Å². The van der Waals surface area contributed by atoms with E-state index in [0.29, 0.717) is 6.79 Å². The molecule has 0 saturated heterocycles. The largest absolute Gasteiger partial charge is 0.454 e. The molecule has 2 N–H and O–H groups in total. The first-order valence-corrected chi connectivity index (χ1v) is 6.30. The second kappa shape index (κ2) is 5.16. The fourth-order valence-electron chi connectivity index (χ4n) is 2.37. The quantitative estimate of drug-likeness (QED) is 0.617. The number of fused-ring (bicyclic) bond motifs is 1. The van der Waals surface area contributed by atoms with E-state index in [1.54, 1.807) is 0 Å². The second-order valence-electron chi connectivity index (χ2n) is 5.36. The molecule has 1 heterocycles. The summed E-state index contributed by atoms with van der Waals surface area (Å²) in [5, 5.41) is 6.48. The number of benzene rings is 1. The molecule has 0 saturated carbocycles. The molecule has 0 aliphatic carbocycles. The van der Waals surface area contributed by atoms with E-state index in [1.807, 2.05) is 7.05 Å². The maximum atomic E-state index is 5.46. The van der Waals surface area contributed by atoms with Gasteiger partial charge in [0.1, 0.15) is 0 Å². The Morgan fingerprint density at radius 3 is 2.56 bits per heavy atom. The lowest BCUT2D eigenvalue weighted by atomic mass is 9.81. The molecule has 0 spiro atoms. The lowest BCUT2D eigenvalue weighted by molar-refractivity contribution is 0.174. The van der Waals surface area contributed by atoms with Crippen molar-refractivity contribution in [3.8, 4) is 11.5 Å². The van der Waals surface area contributed by atoms with Gasteiger partial charge in [-0.15, -0.1) is 0 Å². The molecule has 1 aromatic rings. The molecule has 2 rings (SSSR count). The maximum Gasteiger partial charge on any atom is 0.231 e. The van der Waals surface area contributed by atoms with Crippen LogP contribution < -0.4 is 20.1 Å². The number of ether oxygens (including phenoxy) is 2. The average molecular weight is 250 g/mol. The summed E-state index contributed by atoms with van der Waals surface area (Å²) in [6.07, 6.45) is 0. The fourth-order valence-corrected chi connectivity index (χ4v) is 2.37. The molecule has 100 valence electrons. The van der Waals surface area contributed by atoms with E-state index in [1.165, 1.54) is 11.1 Å². The van der Waals surface area contributed by atoms with Crippen LogP contribution in [0.15, 0.2) is 12.1 Å². The summed E-state index contributed by atoms with van der Waals surface area (Å²) in [4.78, 5) is 0. The van der Waals surface area contributed by atoms with Crippen LogP contribution in [0.1, 0.15) is 25.0 Å². The van der Waals surface area contributed by atoms with Crippen LogP contribution in [0.2, 0.25) is 0 Å². The molecule has 0 atom stereocenters. The Morgan fingerprint density at radius 1 is 1.22 bits per heavy atom. The molecule has 4 nitrogen and oxygen atoms in total. The molecule has 0 unspecified atom stereocenters. The average Bonchev–Trinajstić information content (AvgIpc) is 2.75. The van der Waals surface area contributed by atoms with Gasteiger partial charge in [0, 0.05) is 18.6 Å². The van der Waals surface area contributed by atoms with Gasteiger partial charge in [-0.3, -0.25) is 0 Å². The summed E-state index contributed by atoms with van der Waals surface area (Å²) in [5.41, 5.74) is 2.60. The molecule has 1 aliphatic heterocycles. The third-order valence-electron chi connectivity index (χ3n) is 3.32. The third-order valence-corrected chi connectivity index (χ3v) is 3.32. The Kier molecular flexibility index (Phi) is 3.78. The van der Waals surface area contributed by atoms with Crippen LogP contribution in [-0.2, 0) is 5.41 Å². The van der Waals surface area contributed by atoms with Crippen molar-refractivity contribution in [2.24, 2.45) is 0 Å². The minimum Gasteiger partial charge on any atom is -0.454 e. The van der Waals surface area contributed by atoms with Crippen molar-refractivity contribution in [2.75, 3.05) is 27.1 Å². The molecule has 0 radical (unpaired) electrons. The number of rotatable bonds is 5. The first-order valence-electron chi connectivity index (χ1n) is 6.30. The van der Waals surface area contributed by atoms with Crippen molar-refractivity contribution >= 4 is 0 Å². The molecule has 0 aromatic heterocycles. The predicted molar refractivity (Wildman–Crippen MR) is 72.3 cm³/mol. The smallest absolute Gasteiger partial charge is 0.231 e. The van der Waals surface area contributed by atoms with Crippen molar-refractivity contribution in [1.82, 2.24) is 10.6 Å². The Morgan fingerprint density at radius 2 is 1.89 bits per heavy atom. The monoisotopic (exact) mass is 250 g/mol. The van der Waals surface area contributed by atoms with E-state index in [9.17, 15) is 0 Å². The molecule has 0 amide bonds. The zero-order chi connectivity index (χ0) is 13.2. The highest BCUT2D eigenvalue weighted by molar-refractivity contribution is 5.50. The van der Waals surface area contributed by atoms with Gasteiger partial charge in [-0.05, 0) is 37.2 Å². The van der Waals surface area contributed by atoms with E-state index in [-0.39, 0.29) is 5.41 Å². The summed E-state index contributed by atoms with van der Waals surface area (Å²) in [6, 6.07) is 4.18. The number of nitrogens with one attached hydrogen (secondary N) is 2. The Balaban J connectivity index is 2.21. The van der Waals surface area contributed by atoms with E-state index in [4.69, 9.17) is 9.47 Å². The minimum atomic E-state index is 0.0575. The second-order valence-corrected chi connectivity index (χ2v) is 5.36. The van der Waals surface area contributed by atoms with Gasteiger partial charge < -0.3 is 20.1 Å². The molecule has 0 fully saturated rings. The van der Waals surface area contributed by atoms with Gasteiger partial charge in [0.2, 0.25) is 6.79 Å². The predicted octanol–water partition coefficient (Wildman–Crippen LogP) is 1.77. The molecule has 1 aliphatic rings. The molecule has 4 heteroatoms. The summed E-state index contributed by atoms with van der Waals surface area (Å²) < 4.78 is 10.9. The number of hydrogen-bond donors (Lipinski definition) is 2. The fraction of sp³-hybridized carbons (Fsp3) is 0.571. The molecule has 1 aromatic carbocycles. The van der Waals surface area contributed by atoms with Crippen molar-refractivity contribution in [3.05, 3.63) is 23.3 Å². The first kappa shape index (κ1) is 13.2. The molecular weight excluding hydrogens is 228 g/mol. The Bertz CT molecular complexity index is 430. The van der Waals surface area contributed by atoms with Crippen LogP contribution in [0.4, 0.5) is 0 Å². The highest BCUT2D eigenvalue weighted by Crippen LogP contribution is 2.38. The molecule has 18 heavy (non-hydrogen) atoms. The van der Waals surface area contributed by atoms with Crippen LogP contribution in [0.3, 0.4) is 0 Å². The summed E-state index contributed by atoms with van der Waals surface area (Å²) in [7, 11) is 1.94. The van der Waals surface area contributed by atoms with E-state index >= 15 is 0 Å².